The van der Waals surface area contributed by atoms with Crippen LogP contribution < -0.4 is 14.8 Å². The largest absolute Gasteiger partial charge is 0.586 e. The predicted octanol–water partition coefficient (Wildman–Crippen LogP) is 4.10. The van der Waals surface area contributed by atoms with E-state index in [-0.39, 0.29) is 23.6 Å². The quantitative estimate of drug-likeness (QED) is 0.629. The lowest BCUT2D eigenvalue weighted by Gasteiger charge is -2.07. The van der Waals surface area contributed by atoms with Gasteiger partial charge < -0.3 is 23.9 Å². The van der Waals surface area contributed by atoms with Gasteiger partial charge in [0.05, 0.1) is 12.7 Å². The summed E-state index contributed by atoms with van der Waals surface area (Å²) in [6.45, 7) is 3.40. The highest BCUT2D eigenvalue weighted by molar-refractivity contribution is 5.93. The van der Waals surface area contributed by atoms with E-state index in [0.29, 0.717) is 11.1 Å². The second-order valence-electron chi connectivity index (χ2n) is 6.91. The van der Waals surface area contributed by atoms with Gasteiger partial charge in [-0.25, -0.2) is 0 Å². The number of rotatable bonds is 5. The van der Waals surface area contributed by atoms with Crippen LogP contribution in [-0.2, 0) is 20.7 Å². The third kappa shape index (κ3) is 4.05. The third-order valence-electron chi connectivity index (χ3n) is 4.65. The number of anilines is 1. The second kappa shape index (κ2) is 7.33. The van der Waals surface area contributed by atoms with Crippen LogP contribution in [0.15, 0.2) is 41.0 Å². The molecule has 3 aromatic rings. The van der Waals surface area contributed by atoms with E-state index in [1.807, 2.05) is 26.0 Å². The molecule has 1 aliphatic heterocycles. The average molecular weight is 417 g/mol. The van der Waals surface area contributed by atoms with Crippen molar-refractivity contribution in [1.82, 2.24) is 0 Å². The molecule has 1 amide bonds. The number of aryl methyl sites for hydroxylation is 2. The zero-order valence-corrected chi connectivity index (χ0v) is 16.1. The fourth-order valence-corrected chi connectivity index (χ4v) is 3.05. The fourth-order valence-electron chi connectivity index (χ4n) is 3.05. The van der Waals surface area contributed by atoms with Crippen molar-refractivity contribution in [3.8, 4) is 11.5 Å². The van der Waals surface area contributed by atoms with Crippen LogP contribution in [0.5, 0.6) is 11.5 Å². The zero-order valence-electron chi connectivity index (χ0n) is 16.1. The number of nitrogens with one attached hydrogen (secondary N) is 1. The first kappa shape index (κ1) is 19.7. The first-order valence-electron chi connectivity index (χ1n) is 9.03. The highest BCUT2D eigenvalue weighted by atomic mass is 19.3. The van der Waals surface area contributed by atoms with E-state index in [0.717, 1.165) is 16.5 Å². The van der Waals surface area contributed by atoms with Crippen molar-refractivity contribution in [2.75, 3.05) is 11.9 Å². The van der Waals surface area contributed by atoms with Crippen molar-refractivity contribution in [3.63, 3.8) is 0 Å². The summed E-state index contributed by atoms with van der Waals surface area (Å²) in [5, 5.41) is 3.26. The van der Waals surface area contributed by atoms with Gasteiger partial charge in [0, 0.05) is 22.7 Å². The summed E-state index contributed by atoms with van der Waals surface area (Å²) in [6, 6.07) is 7.63. The number of alkyl halides is 2. The number of fused-ring (bicyclic) bond motifs is 2. The number of carbonyl (C=O) groups is 2. The molecule has 9 heteroatoms. The highest BCUT2D eigenvalue weighted by Crippen LogP contribution is 2.42. The Kier molecular flexibility index (Phi) is 4.81. The average Bonchev–Trinajstić information content (AvgIpc) is 3.19. The Balaban J connectivity index is 1.33. The number of hydrogen-bond donors (Lipinski definition) is 1. The summed E-state index contributed by atoms with van der Waals surface area (Å²) in [7, 11) is 0. The number of benzene rings is 2. The molecule has 7 nitrogen and oxygen atoms in total. The van der Waals surface area contributed by atoms with Crippen molar-refractivity contribution in [3.05, 3.63) is 53.3 Å². The highest BCUT2D eigenvalue weighted by Gasteiger charge is 2.43. The molecule has 0 saturated heterocycles. The van der Waals surface area contributed by atoms with Gasteiger partial charge in [0.15, 0.2) is 18.1 Å². The van der Waals surface area contributed by atoms with Crippen molar-refractivity contribution in [2.45, 2.75) is 26.6 Å². The minimum atomic E-state index is -3.74. The van der Waals surface area contributed by atoms with E-state index in [2.05, 4.69) is 14.8 Å². The minimum Gasteiger partial charge on any atom is -0.464 e. The van der Waals surface area contributed by atoms with Gasteiger partial charge in [0.1, 0.15) is 5.58 Å². The van der Waals surface area contributed by atoms with Crippen molar-refractivity contribution < 1.29 is 37.0 Å². The first-order valence-corrected chi connectivity index (χ1v) is 9.03. The normalized spacial score (nSPS) is 14.0. The number of ether oxygens (including phenoxy) is 3. The summed E-state index contributed by atoms with van der Waals surface area (Å²) in [6.07, 6.45) is -2.30. The summed E-state index contributed by atoms with van der Waals surface area (Å²) >= 11 is 0. The summed E-state index contributed by atoms with van der Waals surface area (Å²) in [5.74, 6) is -1.57. The van der Waals surface area contributed by atoms with E-state index in [4.69, 9.17) is 9.15 Å². The lowest BCUT2D eigenvalue weighted by atomic mass is 10.0. The molecule has 0 atom stereocenters. The molecule has 0 aliphatic carbocycles. The van der Waals surface area contributed by atoms with Gasteiger partial charge in [-0.1, -0.05) is 0 Å². The maximum atomic E-state index is 13.0. The van der Waals surface area contributed by atoms with Gasteiger partial charge >= 0.3 is 12.3 Å². The van der Waals surface area contributed by atoms with E-state index < -0.39 is 24.8 Å². The van der Waals surface area contributed by atoms with Crippen LogP contribution in [0.3, 0.4) is 0 Å². The molecule has 1 aliphatic rings. The molecule has 0 fully saturated rings. The Bertz CT molecular complexity index is 1150. The number of hydrogen-bond acceptors (Lipinski definition) is 6. The number of halogens is 2. The van der Waals surface area contributed by atoms with Crippen LogP contribution in [0.1, 0.15) is 16.7 Å². The summed E-state index contributed by atoms with van der Waals surface area (Å²) in [5.41, 5.74) is 3.68. The molecule has 156 valence electrons. The van der Waals surface area contributed by atoms with Crippen LogP contribution >= 0.6 is 0 Å². The van der Waals surface area contributed by atoms with Crippen LogP contribution in [0.2, 0.25) is 0 Å². The number of amides is 1. The summed E-state index contributed by atoms with van der Waals surface area (Å²) < 4.78 is 45.2. The molecule has 2 aromatic carbocycles. The Labute approximate surface area is 169 Å². The Hall–Kier alpha value is -3.62. The van der Waals surface area contributed by atoms with E-state index in [1.54, 1.807) is 0 Å². The van der Waals surface area contributed by atoms with E-state index in [9.17, 15) is 18.4 Å². The molecule has 0 radical (unpaired) electrons. The van der Waals surface area contributed by atoms with E-state index in [1.165, 1.54) is 24.5 Å². The zero-order chi connectivity index (χ0) is 21.5. The molecule has 2 heterocycles. The fraction of sp³-hybridized carbons (Fsp3) is 0.238. The van der Waals surface area contributed by atoms with E-state index >= 15 is 0 Å². The predicted molar refractivity (Wildman–Crippen MR) is 102 cm³/mol. The van der Waals surface area contributed by atoms with Gasteiger partial charge in [-0.15, -0.1) is 8.78 Å². The van der Waals surface area contributed by atoms with Crippen molar-refractivity contribution in [2.24, 2.45) is 0 Å². The molecule has 30 heavy (non-hydrogen) atoms. The maximum absolute atomic E-state index is 13.0. The van der Waals surface area contributed by atoms with Crippen molar-refractivity contribution in [1.29, 1.82) is 0 Å². The molecule has 1 aromatic heterocycles. The molecule has 0 saturated carbocycles. The third-order valence-corrected chi connectivity index (χ3v) is 4.65. The monoisotopic (exact) mass is 417 g/mol. The molecular weight excluding hydrogens is 400 g/mol. The second-order valence-corrected chi connectivity index (χ2v) is 6.91. The van der Waals surface area contributed by atoms with Gasteiger partial charge in [-0.05, 0) is 49.2 Å². The maximum Gasteiger partial charge on any atom is 0.586 e. The molecule has 1 N–H and O–H groups in total. The minimum absolute atomic E-state index is 0.0537. The number of esters is 1. The van der Waals surface area contributed by atoms with Gasteiger partial charge in [-0.2, -0.15) is 0 Å². The lowest BCUT2D eigenvalue weighted by Crippen LogP contribution is -2.25. The van der Waals surface area contributed by atoms with Gasteiger partial charge in [0.25, 0.3) is 5.91 Å². The smallest absolute Gasteiger partial charge is 0.464 e. The first-order chi connectivity index (χ1) is 14.2. The Morgan fingerprint density at radius 3 is 2.60 bits per heavy atom. The van der Waals surface area contributed by atoms with Crippen LogP contribution in [0.4, 0.5) is 14.5 Å². The lowest BCUT2D eigenvalue weighted by molar-refractivity contribution is -0.286. The van der Waals surface area contributed by atoms with Crippen molar-refractivity contribution >= 4 is 28.5 Å². The van der Waals surface area contributed by atoms with Gasteiger partial charge in [-0.3, -0.25) is 9.59 Å². The number of furan rings is 1. The van der Waals surface area contributed by atoms with Gasteiger partial charge in [0.2, 0.25) is 0 Å². The standard InChI is InChI=1S/C21H17F2NO6/c1-11-5-15-13(9-27-17(15)6-12(11)2)7-20(26)28-10-19(25)24-14-3-4-16-18(8-14)30-21(22,23)29-16/h3-6,8-9H,7,10H2,1-2H3,(H,24,25). The Morgan fingerprint density at radius 2 is 1.80 bits per heavy atom. The van der Waals surface area contributed by atoms with Crippen LogP contribution in [0.25, 0.3) is 11.0 Å². The summed E-state index contributed by atoms with van der Waals surface area (Å²) in [4.78, 5) is 24.1. The number of carbonyl (C=O) groups excluding carboxylic acids is 2. The molecule has 0 spiro atoms. The van der Waals surface area contributed by atoms with Crippen LogP contribution in [-0.4, -0.2) is 24.8 Å². The molecule has 0 unspecified atom stereocenters. The SMILES string of the molecule is Cc1cc2occ(CC(=O)OCC(=O)Nc3ccc4c(c3)OC(F)(F)O4)c2cc1C. The molecular formula is C21H17F2NO6. The topological polar surface area (TPSA) is 87.0 Å². The Morgan fingerprint density at radius 1 is 1.07 bits per heavy atom. The molecule has 4 rings (SSSR count). The van der Waals surface area contributed by atoms with Crippen LogP contribution in [0, 0.1) is 13.8 Å². The molecule has 0 bridgehead atoms.